The van der Waals surface area contributed by atoms with E-state index in [0.29, 0.717) is 10.8 Å². The van der Waals surface area contributed by atoms with Crippen molar-refractivity contribution >= 4 is 11.6 Å². The molecule has 21 heavy (non-hydrogen) atoms. The average Bonchev–Trinajstić information content (AvgIpc) is 2.49. The lowest BCUT2D eigenvalue weighted by Crippen LogP contribution is -2.24. The molecule has 0 saturated heterocycles. The number of nitrogens with zero attached hydrogens (tertiary/aromatic N) is 1. The highest BCUT2D eigenvalue weighted by Gasteiger charge is 2.19. The van der Waals surface area contributed by atoms with Crippen LogP contribution in [0, 0.1) is 5.82 Å². The zero-order valence-corrected chi connectivity index (χ0v) is 12.8. The molecule has 1 aromatic heterocycles. The maximum absolute atomic E-state index is 13.6. The topological polar surface area (TPSA) is 34.2 Å². The fourth-order valence-corrected chi connectivity index (χ4v) is 2.26. The Labute approximate surface area is 129 Å². The second-order valence-electron chi connectivity index (χ2n) is 4.67. The number of ether oxygens (including phenoxy) is 1. The summed E-state index contributed by atoms with van der Waals surface area (Å²) in [6, 6.07) is 7.85. The van der Waals surface area contributed by atoms with Gasteiger partial charge in [0, 0.05) is 11.8 Å². The Balaban J connectivity index is 2.44. The van der Waals surface area contributed by atoms with Crippen LogP contribution in [0.4, 0.5) is 4.39 Å². The van der Waals surface area contributed by atoms with Gasteiger partial charge in [-0.2, -0.15) is 0 Å². The molecule has 112 valence electrons. The van der Waals surface area contributed by atoms with Gasteiger partial charge in [-0.3, -0.25) is 4.98 Å². The van der Waals surface area contributed by atoms with Crippen molar-refractivity contribution in [3.63, 3.8) is 0 Å². The van der Waals surface area contributed by atoms with E-state index >= 15 is 0 Å². The van der Waals surface area contributed by atoms with Crippen molar-refractivity contribution in [3.8, 4) is 5.75 Å². The normalized spacial score (nSPS) is 12.2. The molecule has 1 atom stereocenters. The van der Waals surface area contributed by atoms with Crippen molar-refractivity contribution in [1.82, 2.24) is 10.3 Å². The van der Waals surface area contributed by atoms with Crippen molar-refractivity contribution in [2.45, 2.75) is 19.4 Å². The summed E-state index contributed by atoms with van der Waals surface area (Å²) in [4.78, 5) is 4.34. The first-order chi connectivity index (χ1) is 10.2. The van der Waals surface area contributed by atoms with Crippen LogP contribution in [0.2, 0.25) is 5.02 Å². The molecule has 1 unspecified atom stereocenters. The molecule has 0 fully saturated rings. The van der Waals surface area contributed by atoms with Crippen LogP contribution in [-0.2, 0) is 0 Å². The lowest BCUT2D eigenvalue weighted by molar-refractivity contribution is 0.401. The lowest BCUT2D eigenvalue weighted by Gasteiger charge is -2.21. The van der Waals surface area contributed by atoms with Gasteiger partial charge in [0.15, 0.2) is 0 Å². The summed E-state index contributed by atoms with van der Waals surface area (Å²) in [5, 5.41) is 3.94. The number of methoxy groups -OCH3 is 1. The van der Waals surface area contributed by atoms with Crippen LogP contribution in [0.5, 0.6) is 5.75 Å². The van der Waals surface area contributed by atoms with Crippen molar-refractivity contribution < 1.29 is 9.13 Å². The SMILES string of the molecule is CCCNC(c1ccc(Cl)cn1)c1cc(F)ccc1OC. The molecule has 0 amide bonds. The number of benzene rings is 1. The van der Waals surface area contributed by atoms with Crippen LogP contribution in [0.15, 0.2) is 36.5 Å². The molecule has 0 spiro atoms. The molecule has 1 aromatic carbocycles. The summed E-state index contributed by atoms with van der Waals surface area (Å²) in [6.45, 7) is 2.86. The Bertz CT molecular complexity index is 589. The molecule has 0 saturated carbocycles. The summed E-state index contributed by atoms with van der Waals surface area (Å²) in [5.41, 5.74) is 1.50. The summed E-state index contributed by atoms with van der Waals surface area (Å²) in [5.74, 6) is 0.324. The zero-order valence-electron chi connectivity index (χ0n) is 12.1. The first-order valence-electron chi connectivity index (χ1n) is 6.84. The zero-order chi connectivity index (χ0) is 15.2. The second-order valence-corrected chi connectivity index (χ2v) is 5.11. The molecule has 0 aliphatic carbocycles. The maximum Gasteiger partial charge on any atom is 0.124 e. The molecular weight excluding hydrogens is 291 g/mol. The Kier molecular flexibility index (Phi) is 5.53. The maximum atomic E-state index is 13.6. The number of nitrogens with one attached hydrogen (secondary N) is 1. The highest BCUT2D eigenvalue weighted by Crippen LogP contribution is 2.30. The van der Waals surface area contributed by atoms with Gasteiger partial charge in [-0.1, -0.05) is 18.5 Å². The van der Waals surface area contributed by atoms with E-state index in [1.807, 2.05) is 6.07 Å². The largest absolute Gasteiger partial charge is 0.496 e. The first-order valence-corrected chi connectivity index (χ1v) is 7.21. The number of hydrogen-bond donors (Lipinski definition) is 1. The minimum absolute atomic E-state index is 0.243. The van der Waals surface area contributed by atoms with E-state index in [4.69, 9.17) is 16.3 Å². The predicted molar refractivity (Wildman–Crippen MR) is 82.3 cm³/mol. The van der Waals surface area contributed by atoms with Crippen LogP contribution >= 0.6 is 11.6 Å². The average molecular weight is 309 g/mol. The number of hydrogen-bond acceptors (Lipinski definition) is 3. The number of rotatable bonds is 6. The van der Waals surface area contributed by atoms with E-state index in [0.717, 1.165) is 24.2 Å². The predicted octanol–water partition coefficient (Wildman–Crippen LogP) is 3.97. The standard InChI is InChI=1S/C16H18ClFN2O/c1-3-8-19-16(14-6-4-11(17)10-20-14)13-9-12(18)5-7-15(13)21-2/h4-7,9-10,16,19H,3,8H2,1-2H3. The fraction of sp³-hybridized carbons (Fsp3) is 0.312. The van der Waals surface area contributed by atoms with Gasteiger partial charge >= 0.3 is 0 Å². The monoisotopic (exact) mass is 308 g/mol. The molecule has 2 aromatic rings. The molecule has 5 heteroatoms. The van der Waals surface area contributed by atoms with Gasteiger partial charge in [0.05, 0.1) is 23.9 Å². The Morgan fingerprint density at radius 2 is 2.14 bits per heavy atom. The summed E-state index contributed by atoms with van der Waals surface area (Å²) < 4.78 is 19.0. The third kappa shape index (κ3) is 3.93. The fourth-order valence-electron chi connectivity index (χ4n) is 2.15. The van der Waals surface area contributed by atoms with Gasteiger partial charge in [-0.25, -0.2) is 4.39 Å². The molecule has 1 heterocycles. The third-order valence-corrected chi connectivity index (χ3v) is 3.37. The molecule has 3 nitrogen and oxygen atoms in total. The van der Waals surface area contributed by atoms with E-state index in [1.165, 1.54) is 12.1 Å². The molecule has 0 radical (unpaired) electrons. The van der Waals surface area contributed by atoms with Crippen molar-refractivity contribution in [2.75, 3.05) is 13.7 Å². The number of pyridine rings is 1. The Morgan fingerprint density at radius 3 is 2.76 bits per heavy atom. The van der Waals surface area contributed by atoms with Crippen molar-refractivity contribution in [1.29, 1.82) is 0 Å². The highest BCUT2D eigenvalue weighted by molar-refractivity contribution is 6.30. The van der Waals surface area contributed by atoms with Crippen LogP contribution in [0.1, 0.15) is 30.6 Å². The Hall–Kier alpha value is -1.65. The van der Waals surface area contributed by atoms with Crippen LogP contribution in [-0.4, -0.2) is 18.6 Å². The van der Waals surface area contributed by atoms with E-state index in [9.17, 15) is 4.39 Å². The highest BCUT2D eigenvalue weighted by atomic mass is 35.5. The first kappa shape index (κ1) is 15.7. The van der Waals surface area contributed by atoms with Gasteiger partial charge < -0.3 is 10.1 Å². The van der Waals surface area contributed by atoms with Crippen molar-refractivity contribution in [2.24, 2.45) is 0 Å². The third-order valence-electron chi connectivity index (χ3n) is 3.15. The van der Waals surface area contributed by atoms with Gasteiger partial charge in [-0.05, 0) is 43.3 Å². The van der Waals surface area contributed by atoms with Crippen LogP contribution in [0.25, 0.3) is 0 Å². The molecule has 2 rings (SSSR count). The van der Waals surface area contributed by atoms with E-state index < -0.39 is 0 Å². The molecule has 0 aliphatic heterocycles. The summed E-state index contributed by atoms with van der Waals surface area (Å²) >= 11 is 5.88. The Morgan fingerprint density at radius 1 is 1.33 bits per heavy atom. The van der Waals surface area contributed by atoms with E-state index in [1.54, 1.807) is 25.4 Å². The van der Waals surface area contributed by atoms with Crippen molar-refractivity contribution in [3.05, 3.63) is 58.6 Å². The number of halogens is 2. The number of aromatic nitrogens is 1. The van der Waals surface area contributed by atoms with E-state index in [-0.39, 0.29) is 11.9 Å². The molecule has 0 bridgehead atoms. The van der Waals surface area contributed by atoms with Gasteiger partial charge in [0.1, 0.15) is 11.6 Å². The van der Waals surface area contributed by atoms with Gasteiger partial charge in [-0.15, -0.1) is 0 Å². The van der Waals surface area contributed by atoms with Gasteiger partial charge in [0.2, 0.25) is 0 Å². The minimum atomic E-state index is -0.303. The molecule has 1 N–H and O–H groups in total. The van der Waals surface area contributed by atoms with Crippen LogP contribution < -0.4 is 10.1 Å². The quantitative estimate of drug-likeness (QED) is 0.876. The molecular formula is C16H18ClFN2O. The molecule has 0 aliphatic rings. The summed E-state index contributed by atoms with van der Waals surface area (Å²) in [6.07, 6.45) is 2.55. The minimum Gasteiger partial charge on any atom is -0.496 e. The van der Waals surface area contributed by atoms with Crippen LogP contribution in [0.3, 0.4) is 0 Å². The van der Waals surface area contributed by atoms with E-state index in [2.05, 4.69) is 17.2 Å². The van der Waals surface area contributed by atoms with Gasteiger partial charge in [0.25, 0.3) is 0 Å². The lowest BCUT2D eigenvalue weighted by atomic mass is 10.0. The second kappa shape index (κ2) is 7.38. The smallest absolute Gasteiger partial charge is 0.124 e. The summed E-state index contributed by atoms with van der Waals surface area (Å²) in [7, 11) is 1.57.